The number of hydrogen-bond donors (Lipinski definition) is 1. The summed E-state index contributed by atoms with van der Waals surface area (Å²) in [5, 5.41) is 2.24. The van der Waals surface area contributed by atoms with Crippen LogP contribution < -0.4 is 4.72 Å². The van der Waals surface area contributed by atoms with Gasteiger partial charge in [-0.15, -0.1) is 22.7 Å². The van der Waals surface area contributed by atoms with Crippen molar-refractivity contribution in [2.75, 3.05) is 6.54 Å². The second-order valence-corrected chi connectivity index (χ2v) is 11.3. The summed E-state index contributed by atoms with van der Waals surface area (Å²) in [5.74, 6) is -0.546. The number of benzene rings is 1. The Kier molecular flexibility index (Phi) is 5.58. The molecule has 0 radical (unpaired) electrons. The molecule has 2 heterocycles. The molecule has 0 fully saturated rings. The maximum Gasteiger partial charge on any atom is 0.250 e. The molecule has 0 unspecified atom stereocenters. The quantitative estimate of drug-likeness (QED) is 0.581. The summed E-state index contributed by atoms with van der Waals surface area (Å²) >= 11 is 2.26. The lowest BCUT2D eigenvalue weighted by molar-refractivity contribution is 0.570. The Morgan fingerprint density at radius 2 is 1.58 bits per heavy atom. The first-order valence-corrected chi connectivity index (χ1v) is 12.2. The molecule has 0 aliphatic heterocycles. The Labute approximate surface area is 159 Å². The molecule has 0 amide bonds. The smallest absolute Gasteiger partial charge is 0.223 e. The fourth-order valence-electron chi connectivity index (χ4n) is 2.30. The zero-order valence-corrected chi connectivity index (χ0v) is 16.5. The van der Waals surface area contributed by atoms with E-state index >= 15 is 0 Å². The SMILES string of the molecule is O=S(=O)(NC[C@@H](c1cccs1)S(=O)(=O)c1ccc(F)cc1)c1cccs1. The number of sulfone groups is 1. The summed E-state index contributed by atoms with van der Waals surface area (Å²) < 4.78 is 66.3. The van der Waals surface area contributed by atoms with Crippen molar-refractivity contribution in [3.63, 3.8) is 0 Å². The number of sulfonamides is 1. The van der Waals surface area contributed by atoms with Crippen LogP contribution in [0.15, 0.2) is 68.4 Å². The number of nitrogens with one attached hydrogen (secondary N) is 1. The first kappa shape index (κ1) is 19.2. The van der Waals surface area contributed by atoms with Gasteiger partial charge in [-0.25, -0.2) is 25.9 Å². The molecular formula is C16H14FNO4S4. The van der Waals surface area contributed by atoms with Gasteiger partial charge in [-0.2, -0.15) is 0 Å². The molecule has 1 N–H and O–H groups in total. The molecule has 10 heteroatoms. The van der Waals surface area contributed by atoms with Crippen LogP contribution in [-0.2, 0) is 19.9 Å². The van der Waals surface area contributed by atoms with Crippen molar-refractivity contribution in [3.05, 3.63) is 70.0 Å². The zero-order valence-electron chi connectivity index (χ0n) is 13.2. The minimum atomic E-state index is -3.91. The Morgan fingerprint density at radius 1 is 0.923 bits per heavy atom. The molecule has 0 aliphatic rings. The Morgan fingerprint density at radius 3 is 2.15 bits per heavy atom. The summed E-state index contributed by atoms with van der Waals surface area (Å²) in [6.07, 6.45) is 0. The predicted molar refractivity (Wildman–Crippen MR) is 100 cm³/mol. The van der Waals surface area contributed by atoms with E-state index < -0.39 is 30.9 Å². The highest BCUT2D eigenvalue weighted by molar-refractivity contribution is 7.92. The van der Waals surface area contributed by atoms with Crippen molar-refractivity contribution >= 4 is 42.5 Å². The molecule has 0 saturated carbocycles. The van der Waals surface area contributed by atoms with Crippen LogP contribution in [0.1, 0.15) is 10.1 Å². The predicted octanol–water partition coefficient (Wildman–Crippen LogP) is 3.44. The lowest BCUT2D eigenvalue weighted by Crippen LogP contribution is -2.31. The normalized spacial score (nSPS) is 13.6. The van der Waals surface area contributed by atoms with Gasteiger partial charge in [-0.05, 0) is 47.2 Å². The average Bonchev–Trinajstić information content (AvgIpc) is 3.29. The van der Waals surface area contributed by atoms with Crippen LogP contribution in [0.3, 0.4) is 0 Å². The minimum absolute atomic E-state index is 0.0624. The van der Waals surface area contributed by atoms with E-state index in [4.69, 9.17) is 0 Å². The van der Waals surface area contributed by atoms with Crippen LogP contribution in [0.25, 0.3) is 0 Å². The second-order valence-electron chi connectivity index (χ2n) is 5.29. The van der Waals surface area contributed by atoms with E-state index in [1.54, 1.807) is 29.0 Å². The van der Waals surface area contributed by atoms with Crippen LogP contribution in [0.4, 0.5) is 4.39 Å². The standard InChI is InChI=1S/C16H14FNO4S4/c17-12-5-7-13(8-6-12)25(19,20)15(14-3-1-9-23-14)11-18-26(21,22)16-4-2-10-24-16/h1-10,15,18H,11H2/t15-/m0/s1. The fraction of sp³-hybridized carbons (Fsp3) is 0.125. The first-order valence-electron chi connectivity index (χ1n) is 7.37. The zero-order chi connectivity index (χ0) is 18.8. The molecule has 5 nitrogen and oxygen atoms in total. The lowest BCUT2D eigenvalue weighted by atomic mass is 10.3. The molecule has 0 aliphatic carbocycles. The van der Waals surface area contributed by atoms with Crippen LogP contribution in [0, 0.1) is 5.82 Å². The van der Waals surface area contributed by atoms with Gasteiger partial charge in [-0.1, -0.05) is 12.1 Å². The molecule has 3 aromatic rings. The largest absolute Gasteiger partial charge is 0.250 e. The summed E-state index contributed by atoms with van der Waals surface area (Å²) in [6.45, 7) is -0.319. The molecule has 2 aromatic heterocycles. The molecule has 138 valence electrons. The minimum Gasteiger partial charge on any atom is -0.223 e. The number of thiophene rings is 2. The maximum absolute atomic E-state index is 13.1. The van der Waals surface area contributed by atoms with Crippen LogP contribution in [0.2, 0.25) is 0 Å². The monoisotopic (exact) mass is 431 g/mol. The van der Waals surface area contributed by atoms with Crippen molar-refractivity contribution in [1.82, 2.24) is 4.72 Å². The van der Waals surface area contributed by atoms with Crippen molar-refractivity contribution in [1.29, 1.82) is 0 Å². The summed E-state index contributed by atoms with van der Waals surface area (Å²) in [5.41, 5.74) is 0. The van der Waals surface area contributed by atoms with E-state index in [1.165, 1.54) is 29.5 Å². The maximum atomic E-state index is 13.1. The molecular weight excluding hydrogens is 417 g/mol. The Hall–Kier alpha value is -1.59. The fourth-order valence-corrected chi connectivity index (χ4v) is 7.27. The van der Waals surface area contributed by atoms with E-state index in [0.717, 1.165) is 23.5 Å². The summed E-state index contributed by atoms with van der Waals surface area (Å²) in [4.78, 5) is 0.441. The topological polar surface area (TPSA) is 80.3 Å². The van der Waals surface area contributed by atoms with Crippen molar-refractivity contribution < 1.29 is 21.2 Å². The third-order valence-electron chi connectivity index (χ3n) is 3.60. The van der Waals surface area contributed by atoms with Crippen molar-refractivity contribution in [2.45, 2.75) is 14.4 Å². The number of hydrogen-bond acceptors (Lipinski definition) is 6. The van der Waals surface area contributed by atoms with Crippen LogP contribution in [0.5, 0.6) is 0 Å². The lowest BCUT2D eigenvalue weighted by Gasteiger charge is -2.17. The average molecular weight is 432 g/mol. The van der Waals surface area contributed by atoms with Gasteiger partial charge in [0.2, 0.25) is 10.0 Å². The third-order valence-corrected chi connectivity index (χ3v) is 9.65. The first-order chi connectivity index (χ1) is 12.3. The van der Waals surface area contributed by atoms with Gasteiger partial charge in [0.25, 0.3) is 0 Å². The molecule has 0 saturated heterocycles. The van der Waals surface area contributed by atoms with Gasteiger partial charge < -0.3 is 0 Å². The number of halogens is 1. The van der Waals surface area contributed by atoms with Crippen molar-refractivity contribution in [3.8, 4) is 0 Å². The van der Waals surface area contributed by atoms with Gasteiger partial charge in [0.05, 0.1) is 4.90 Å². The van der Waals surface area contributed by atoms with E-state index in [1.807, 2.05) is 0 Å². The molecule has 0 bridgehead atoms. The van der Waals surface area contributed by atoms with E-state index in [-0.39, 0.29) is 15.6 Å². The van der Waals surface area contributed by atoms with Gasteiger partial charge in [-0.3, -0.25) is 0 Å². The third kappa shape index (κ3) is 4.04. The van der Waals surface area contributed by atoms with Crippen LogP contribution in [-0.4, -0.2) is 23.4 Å². The highest BCUT2D eigenvalue weighted by Crippen LogP contribution is 2.32. The van der Waals surface area contributed by atoms with Crippen LogP contribution >= 0.6 is 22.7 Å². The van der Waals surface area contributed by atoms with Gasteiger partial charge in [0.15, 0.2) is 9.84 Å². The van der Waals surface area contributed by atoms with E-state index in [0.29, 0.717) is 4.88 Å². The van der Waals surface area contributed by atoms with E-state index in [9.17, 15) is 21.2 Å². The number of rotatable bonds is 7. The summed E-state index contributed by atoms with van der Waals surface area (Å²) in [7, 11) is -7.72. The molecule has 3 rings (SSSR count). The highest BCUT2D eigenvalue weighted by Gasteiger charge is 2.31. The van der Waals surface area contributed by atoms with Gasteiger partial charge >= 0.3 is 0 Å². The second kappa shape index (κ2) is 7.57. The molecule has 0 spiro atoms. The Bertz CT molecular complexity index is 1060. The Balaban J connectivity index is 1.93. The molecule has 1 atom stereocenters. The van der Waals surface area contributed by atoms with E-state index in [2.05, 4.69) is 4.72 Å². The van der Waals surface area contributed by atoms with Crippen molar-refractivity contribution in [2.24, 2.45) is 0 Å². The molecule has 1 aromatic carbocycles. The summed E-state index contributed by atoms with van der Waals surface area (Å²) in [6, 6.07) is 10.9. The molecule has 26 heavy (non-hydrogen) atoms. The van der Waals surface area contributed by atoms with Gasteiger partial charge in [0.1, 0.15) is 15.3 Å². The highest BCUT2D eigenvalue weighted by atomic mass is 32.2. The van der Waals surface area contributed by atoms with Gasteiger partial charge in [0, 0.05) is 11.4 Å².